The van der Waals surface area contributed by atoms with Crippen LogP contribution in [0.1, 0.15) is 115 Å². The molecule has 0 saturated carbocycles. The maximum Gasteiger partial charge on any atom is 0.172 e. The van der Waals surface area contributed by atoms with Gasteiger partial charge in [0, 0.05) is 5.56 Å². The van der Waals surface area contributed by atoms with E-state index in [9.17, 15) is 10.2 Å². The summed E-state index contributed by atoms with van der Waals surface area (Å²) in [4.78, 5) is 0. The first-order chi connectivity index (χ1) is 13.1. The summed E-state index contributed by atoms with van der Waals surface area (Å²) >= 11 is 3.59. The minimum Gasteiger partial charge on any atom is -0.504 e. The predicted octanol–water partition coefficient (Wildman–Crippen LogP) is 8.23. The highest BCUT2D eigenvalue weighted by Crippen LogP contribution is 2.44. The van der Waals surface area contributed by atoms with Gasteiger partial charge in [-0.3, -0.25) is 0 Å². The fraction of sp³-hybridized carbons (Fsp3) is 0.750. The Morgan fingerprint density at radius 2 is 0.926 bits per heavy atom. The summed E-state index contributed by atoms with van der Waals surface area (Å²) < 4.78 is 0.722. The monoisotopic (exact) mass is 440 g/mol. The third-order valence-electron chi connectivity index (χ3n) is 5.55. The van der Waals surface area contributed by atoms with Crippen LogP contribution in [0, 0.1) is 0 Å². The molecule has 0 bridgehead atoms. The van der Waals surface area contributed by atoms with E-state index in [-0.39, 0.29) is 11.5 Å². The van der Waals surface area contributed by atoms with Gasteiger partial charge in [0.05, 0.1) is 4.47 Å². The summed E-state index contributed by atoms with van der Waals surface area (Å²) in [5.74, 6) is 0.157. The van der Waals surface area contributed by atoms with E-state index in [2.05, 4.69) is 36.7 Å². The summed E-state index contributed by atoms with van der Waals surface area (Å²) in [6, 6.07) is 0. The minimum absolute atomic E-state index is 0.0447. The molecule has 0 unspecified atom stereocenters. The van der Waals surface area contributed by atoms with Gasteiger partial charge in [-0.2, -0.15) is 0 Å². The summed E-state index contributed by atoms with van der Waals surface area (Å²) in [5, 5.41) is 21.2. The average molecular weight is 441 g/mol. The van der Waals surface area contributed by atoms with Crippen LogP contribution in [-0.4, -0.2) is 10.2 Å². The first kappa shape index (κ1) is 24.3. The topological polar surface area (TPSA) is 40.5 Å². The van der Waals surface area contributed by atoms with Crippen LogP contribution in [0.3, 0.4) is 0 Å². The van der Waals surface area contributed by atoms with E-state index in [4.69, 9.17) is 0 Å². The second kappa shape index (κ2) is 14.3. The van der Waals surface area contributed by atoms with Gasteiger partial charge in [0.1, 0.15) is 0 Å². The second-order valence-corrected chi connectivity index (χ2v) is 8.67. The van der Waals surface area contributed by atoms with Crippen molar-refractivity contribution in [3.63, 3.8) is 0 Å². The van der Waals surface area contributed by atoms with Crippen LogP contribution >= 0.6 is 15.9 Å². The smallest absolute Gasteiger partial charge is 0.172 e. The van der Waals surface area contributed by atoms with Crippen LogP contribution in [0.2, 0.25) is 0 Å². The molecule has 0 spiro atoms. The first-order valence-corrected chi connectivity index (χ1v) is 12.1. The lowest BCUT2D eigenvalue weighted by atomic mass is 9.89. The Kier molecular flexibility index (Phi) is 12.9. The number of aromatic hydroxyl groups is 2. The van der Waals surface area contributed by atoms with E-state index >= 15 is 0 Å². The highest BCUT2D eigenvalue weighted by molar-refractivity contribution is 9.10. The van der Waals surface area contributed by atoms with Gasteiger partial charge in [0.25, 0.3) is 0 Å². The number of phenols is 2. The van der Waals surface area contributed by atoms with E-state index in [1.807, 2.05) is 0 Å². The molecule has 0 aliphatic rings. The highest BCUT2D eigenvalue weighted by atomic mass is 79.9. The number of unbranched alkanes of at least 4 members (excludes halogenated alkanes) is 9. The molecule has 1 aromatic rings. The quantitative estimate of drug-likeness (QED) is 0.213. The van der Waals surface area contributed by atoms with Crippen molar-refractivity contribution in [2.45, 2.75) is 117 Å². The van der Waals surface area contributed by atoms with Gasteiger partial charge >= 0.3 is 0 Å². The van der Waals surface area contributed by atoms with E-state index < -0.39 is 0 Å². The predicted molar refractivity (Wildman–Crippen MR) is 121 cm³/mol. The lowest BCUT2D eigenvalue weighted by molar-refractivity contribution is 0.394. The molecular formula is C24H41BrO2. The number of hydrogen-bond donors (Lipinski definition) is 2. The molecule has 0 fully saturated rings. The van der Waals surface area contributed by atoms with Gasteiger partial charge in [-0.15, -0.1) is 0 Å². The van der Waals surface area contributed by atoms with Gasteiger partial charge in [0.15, 0.2) is 11.5 Å². The van der Waals surface area contributed by atoms with Crippen molar-refractivity contribution in [1.82, 2.24) is 0 Å². The summed E-state index contributed by atoms with van der Waals surface area (Å²) in [5.41, 5.74) is 3.55. The summed E-state index contributed by atoms with van der Waals surface area (Å²) in [6.45, 7) is 6.69. The Balaban J connectivity index is 3.08. The third-order valence-corrected chi connectivity index (χ3v) is 6.41. The Hall–Kier alpha value is -0.700. The van der Waals surface area contributed by atoms with Crippen molar-refractivity contribution in [1.29, 1.82) is 0 Å². The zero-order valence-electron chi connectivity index (χ0n) is 17.9. The van der Waals surface area contributed by atoms with Crippen LogP contribution in [0.25, 0.3) is 0 Å². The van der Waals surface area contributed by atoms with E-state index in [0.717, 1.165) is 48.6 Å². The molecule has 0 aliphatic carbocycles. The maximum atomic E-state index is 10.7. The Labute approximate surface area is 175 Å². The molecule has 2 nitrogen and oxygen atoms in total. The summed E-state index contributed by atoms with van der Waals surface area (Å²) in [7, 11) is 0. The number of benzene rings is 1. The average Bonchev–Trinajstić information content (AvgIpc) is 2.67. The van der Waals surface area contributed by atoms with E-state index in [1.165, 1.54) is 68.9 Å². The van der Waals surface area contributed by atoms with Crippen molar-refractivity contribution < 1.29 is 10.2 Å². The number of phenolic OH excluding ortho intramolecular Hbond substituents is 2. The highest BCUT2D eigenvalue weighted by Gasteiger charge is 2.21. The molecule has 2 N–H and O–H groups in total. The molecule has 0 atom stereocenters. The van der Waals surface area contributed by atoms with Crippen LogP contribution in [-0.2, 0) is 19.3 Å². The molecule has 0 radical (unpaired) electrons. The van der Waals surface area contributed by atoms with Gasteiger partial charge in [0.2, 0.25) is 0 Å². The van der Waals surface area contributed by atoms with Crippen molar-refractivity contribution in [2.24, 2.45) is 0 Å². The zero-order valence-corrected chi connectivity index (χ0v) is 19.5. The molecule has 3 heteroatoms. The van der Waals surface area contributed by atoms with Crippen LogP contribution in [0.5, 0.6) is 11.5 Å². The molecule has 156 valence electrons. The van der Waals surface area contributed by atoms with Crippen LogP contribution < -0.4 is 0 Å². The maximum absolute atomic E-state index is 10.7. The molecule has 0 aromatic heterocycles. The molecule has 1 rings (SSSR count). The Bertz CT molecular complexity index is 501. The van der Waals surface area contributed by atoms with E-state index in [0.29, 0.717) is 0 Å². The largest absolute Gasteiger partial charge is 0.504 e. The Morgan fingerprint density at radius 3 is 1.37 bits per heavy atom. The van der Waals surface area contributed by atoms with Gasteiger partial charge in [-0.25, -0.2) is 0 Å². The van der Waals surface area contributed by atoms with Gasteiger partial charge < -0.3 is 10.2 Å². The molecular weight excluding hydrogens is 400 g/mol. The molecule has 27 heavy (non-hydrogen) atoms. The number of hydrogen-bond acceptors (Lipinski definition) is 2. The molecule has 0 aliphatic heterocycles. The van der Waals surface area contributed by atoms with Gasteiger partial charge in [-0.1, -0.05) is 78.6 Å². The van der Waals surface area contributed by atoms with Crippen LogP contribution in [0.4, 0.5) is 0 Å². The second-order valence-electron chi connectivity index (χ2n) is 7.88. The number of rotatable bonds is 15. The number of halogens is 1. The van der Waals surface area contributed by atoms with E-state index in [1.54, 1.807) is 0 Å². The van der Waals surface area contributed by atoms with Crippen molar-refractivity contribution in [2.75, 3.05) is 0 Å². The normalized spacial score (nSPS) is 11.3. The molecule has 1 aromatic carbocycles. The third kappa shape index (κ3) is 8.05. The lowest BCUT2D eigenvalue weighted by Gasteiger charge is -2.20. The minimum atomic E-state index is 0.0447. The fourth-order valence-electron chi connectivity index (χ4n) is 3.86. The summed E-state index contributed by atoms with van der Waals surface area (Å²) in [6.07, 6.45) is 17.4. The lowest BCUT2D eigenvalue weighted by Crippen LogP contribution is -2.04. The molecule has 0 amide bonds. The van der Waals surface area contributed by atoms with Crippen molar-refractivity contribution in [3.8, 4) is 11.5 Å². The fourth-order valence-corrected chi connectivity index (χ4v) is 4.49. The molecule has 0 saturated heterocycles. The van der Waals surface area contributed by atoms with Crippen molar-refractivity contribution in [3.05, 3.63) is 21.2 Å². The zero-order chi connectivity index (χ0) is 20.1. The van der Waals surface area contributed by atoms with Crippen molar-refractivity contribution >= 4 is 15.9 Å². The molecule has 0 heterocycles. The van der Waals surface area contributed by atoms with Gasteiger partial charge in [-0.05, 0) is 65.6 Å². The van der Waals surface area contributed by atoms with Crippen LogP contribution in [0.15, 0.2) is 4.47 Å². The first-order valence-electron chi connectivity index (χ1n) is 11.3. The Morgan fingerprint density at radius 1 is 0.519 bits per heavy atom. The standard InChI is InChI=1S/C24H41BrO2/c1-4-7-10-13-16-19-20(17-14-11-8-5-2)22(25)24(27)23(26)21(19)18-15-12-9-6-3/h26-27H,4-18H2,1-3H3. The SMILES string of the molecule is CCCCCCc1c(O)c(O)c(Br)c(CCCCCC)c1CCCCCC.